The summed E-state index contributed by atoms with van der Waals surface area (Å²) in [6, 6.07) is 1.37. The van der Waals surface area contributed by atoms with Crippen LogP contribution in [0.25, 0.3) is 0 Å². The first kappa shape index (κ1) is 13.8. The van der Waals surface area contributed by atoms with Gasteiger partial charge in [-0.1, -0.05) is 6.92 Å². The zero-order chi connectivity index (χ0) is 14.0. The van der Waals surface area contributed by atoms with Gasteiger partial charge in [0.15, 0.2) is 0 Å². The van der Waals surface area contributed by atoms with Crippen molar-refractivity contribution >= 4 is 21.6 Å². The van der Waals surface area contributed by atoms with Gasteiger partial charge >= 0.3 is 0 Å². The van der Waals surface area contributed by atoms with Gasteiger partial charge in [-0.25, -0.2) is 4.68 Å². The average Bonchev–Trinajstić information content (AvgIpc) is 2.69. The summed E-state index contributed by atoms with van der Waals surface area (Å²) < 4.78 is 4.21. The van der Waals surface area contributed by atoms with Crippen LogP contribution in [0.2, 0.25) is 0 Å². The van der Waals surface area contributed by atoms with Crippen molar-refractivity contribution in [2.24, 2.45) is 0 Å². The van der Waals surface area contributed by atoms with Crippen LogP contribution in [0.3, 0.4) is 0 Å². The summed E-state index contributed by atoms with van der Waals surface area (Å²) in [5.41, 5.74) is 7.62. The van der Waals surface area contributed by atoms with E-state index in [0.29, 0.717) is 12.2 Å². The lowest BCUT2D eigenvalue weighted by atomic mass is 10.3. The molecule has 0 atom stereocenters. The predicted octanol–water partition coefficient (Wildman–Crippen LogP) is 1.42. The number of hydrogen-bond donors (Lipinski definition) is 1. The Kier molecular flexibility index (Phi) is 4.04. The molecule has 0 aliphatic heterocycles. The highest BCUT2D eigenvalue weighted by Crippen LogP contribution is 2.22. The Bertz CT molecular complexity index is 646. The van der Waals surface area contributed by atoms with Crippen molar-refractivity contribution in [2.45, 2.75) is 33.4 Å². The molecule has 0 unspecified atom stereocenters. The minimum Gasteiger partial charge on any atom is -0.397 e. The van der Waals surface area contributed by atoms with Gasteiger partial charge in [-0.05, 0) is 29.3 Å². The van der Waals surface area contributed by atoms with E-state index in [1.165, 1.54) is 16.9 Å². The molecule has 0 saturated heterocycles. The second kappa shape index (κ2) is 5.56. The van der Waals surface area contributed by atoms with Gasteiger partial charge in [-0.2, -0.15) is 10.2 Å². The predicted molar refractivity (Wildman–Crippen MR) is 77.0 cm³/mol. The summed E-state index contributed by atoms with van der Waals surface area (Å²) in [7, 11) is 0. The van der Waals surface area contributed by atoms with E-state index < -0.39 is 0 Å². The number of halogens is 1. The maximum atomic E-state index is 11.8. The Labute approximate surface area is 119 Å². The molecule has 2 aromatic heterocycles. The van der Waals surface area contributed by atoms with E-state index in [0.717, 1.165) is 28.8 Å². The maximum Gasteiger partial charge on any atom is 0.269 e. The first-order valence-corrected chi connectivity index (χ1v) is 6.92. The number of nitrogens with zero attached hydrogens (tertiary/aromatic N) is 4. The largest absolute Gasteiger partial charge is 0.397 e. The second-order valence-corrected chi connectivity index (χ2v) is 4.95. The van der Waals surface area contributed by atoms with E-state index in [1.807, 2.05) is 18.5 Å². The summed E-state index contributed by atoms with van der Waals surface area (Å²) in [6.45, 7) is 5.18. The minimum absolute atomic E-state index is 0.214. The fourth-order valence-electron chi connectivity index (χ4n) is 1.88. The van der Waals surface area contributed by atoms with Crippen LogP contribution >= 0.6 is 15.9 Å². The number of hydrogen-bond acceptors (Lipinski definition) is 4. The molecular weight excluding hydrogens is 310 g/mol. The van der Waals surface area contributed by atoms with Gasteiger partial charge in [0.05, 0.1) is 34.3 Å². The van der Waals surface area contributed by atoms with Gasteiger partial charge in [0.1, 0.15) is 0 Å². The lowest BCUT2D eigenvalue weighted by Gasteiger charge is -2.07. The van der Waals surface area contributed by atoms with Crippen molar-refractivity contribution in [3.63, 3.8) is 0 Å². The Hall–Kier alpha value is -1.63. The highest BCUT2D eigenvalue weighted by molar-refractivity contribution is 9.10. The lowest BCUT2D eigenvalue weighted by Crippen LogP contribution is -2.24. The molecule has 0 spiro atoms. The van der Waals surface area contributed by atoms with Crippen LogP contribution < -0.4 is 11.3 Å². The van der Waals surface area contributed by atoms with Crippen molar-refractivity contribution in [3.05, 3.63) is 38.5 Å². The summed E-state index contributed by atoms with van der Waals surface area (Å²) in [6.07, 6.45) is 2.31. The zero-order valence-electron chi connectivity index (χ0n) is 10.9. The Morgan fingerprint density at radius 1 is 1.37 bits per heavy atom. The smallest absolute Gasteiger partial charge is 0.269 e. The number of aromatic nitrogens is 4. The molecule has 2 rings (SSSR count). The van der Waals surface area contributed by atoms with Crippen molar-refractivity contribution in [1.29, 1.82) is 0 Å². The normalized spacial score (nSPS) is 10.9. The molecule has 0 amide bonds. The van der Waals surface area contributed by atoms with Gasteiger partial charge < -0.3 is 5.73 Å². The zero-order valence-corrected chi connectivity index (χ0v) is 12.5. The maximum absolute atomic E-state index is 11.8. The van der Waals surface area contributed by atoms with Crippen molar-refractivity contribution in [3.8, 4) is 0 Å². The second-order valence-electron chi connectivity index (χ2n) is 4.16. The third kappa shape index (κ3) is 2.70. The Morgan fingerprint density at radius 3 is 2.68 bits per heavy atom. The number of nitrogen functional groups attached to an aromatic ring is 1. The van der Waals surface area contributed by atoms with Crippen LogP contribution in [0.15, 0.2) is 21.5 Å². The topological polar surface area (TPSA) is 78.7 Å². The molecule has 19 heavy (non-hydrogen) atoms. The lowest BCUT2D eigenvalue weighted by molar-refractivity contribution is 0.557. The standard InChI is InChI=1S/C12H16BrN5O/c1-3-9-12(13)10(17(4-2)16-9)7-18-11(19)5-8(14)6-15-18/h5-6H,3-4,7,14H2,1-2H3. The van der Waals surface area contributed by atoms with E-state index in [4.69, 9.17) is 5.73 Å². The minimum atomic E-state index is -0.214. The first-order chi connectivity index (χ1) is 9.06. The molecule has 0 radical (unpaired) electrons. The van der Waals surface area contributed by atoms with Crippen LogP contribution in [0, 0.1) is 0 Å². The molecule has 7 heteroatoms. The summed E-state index contributed by atoms with van der Waals surface area (Å²) >= 11 is 3.55. The Balaban J connectivity index is 2.42. The van der Waals surface area contributed by atoms with E-state index >= 15 is 0 Å². The van der Waals surface area contributed by atoms with Gasteiger partial charge in [0.2, 0.25) is 0 Å². The van der Waals surface area contributed by atoms with Crippen LogP contribution in [0.5, 0.6) is 0 Å². The molecule has 2 aromatic rings. The Morgan fingerprint density at radius 2 is 2.11 bits per heavy atom. The molecule has 2 N–H and O–H groups in total. The fourth-order valence-corrected chi connectivity index (χ4v) is 2.57. The molecule has 0 aliphatic rings. The van der Waals surface area contributed by atoms with Crippen molar-refractivity contribution in [2.75, 3.05) is 5.73 Å². The molecule has 0 aliphatic carbocycles. The molecular formula is C12H16BrN5O. The summed E-state index contributed by atoms with van der Waals surface area (Å²) in [5.74, 6) is 0. The number of anilines is 1. The van der Waals surface area contributed by atoms with Crippen LogP contribution in [0.4, 0.5) is 5.69 Å². The van der Waals surface area contributed by atoms with Crippen LogP contribution in [-0.4, -0.2) is 19.6 Å². The molecule has 0 fully saturated rings. The van der Waals surface area contributed by atoms with Crippen molar-refractivity contribution < 1.29 is 0 Å². The molecule has 0 aromatic carbocycles. The average molecular weight is 326 g/mol. The fraction of sp³-hybridized carbons (Fsp3) is 0.417. The molecule has 102 valence electrons. The van der Waals surface area contributed by atoms with Crippen LogP contribution in [-0.2, 0) is 19.5 Å². The van der Waals surface area contributed by atoms with Crippen molar-refractivity contribution in [1.82, 2.24) is 19.6 Å². The van der Waals surface area contributed by atoms with Gasteiger partial charge in [-0.15, -0.1) is 0 Å². The quantitative estimate of drug-likeness (QED) is 0.921. The van der Waals surface area contributed by atoms with E-state index in [9.17, 15) is 4.79 Å². The van der Waals surface area contributed by atoms with Gasteiger partial charge in [0.25, 0.3) is 5.56 Å². The van der Waals surface area contributed by atoms with Crippen LogP contribution in [0.1, 0.15) is 25.2 Å². The first-order valence-electron chi connectivity index (χ1n) is 6.13. The van der Waals surface area contributed by atoms with E-state index in [2.05, 4.69) is 26.1 Å². The van der Waals surface area contributed by atoms with E-state index in [-0.39, 0.29) is 5.56 Å². The van der Waals surface area contributed by atoms with E-state index in [1.54, 1.807) is 0 Å². The molecule has 0 saturated carbocycles. The number of aryl methyl sites for hydroxylation is 2. The monoisotopic (exact) mass is 325 g/mol. The van der Waals surface area contributed by atoms with Gasteiger partial charge in [-0.3, -0.25) is 9.48 Å². The SMILES string of the molecule is CCc1nn(CC)c(Cn2ncc(N)cc2=O)c1Br. The molecule has 6 nitrogen and oxygen atoms in total. The summed E-state index contributed by atoms with van der Waals surface area (Å²) in [4.78, 5) is 11.8. The third-order valence-corrected chi connectivity index (χ3v) is 3.80. The number of rotatable bonds is 4. The highest BCUT2D eigenvalue weighted by Gasteiger charge is 2.15. The van der Waals surface area contributed by atoms with Gasteiger partial charge in [0, 0.05) is 12.6 Å². The number of nitrogens with two attached hydrogens (primary N) is 1. The summed E-state index contributed by atoms with van der Waals surface area (Å²) in [5, 5.41) is 8.53. The molecule has 0 bridgehead atoms. The third-order valence-electron chi connectivity index (χ3n) is 2.88. The molecule has 2 heterocycles. The highest BCUT2D eigenvalue weighted by atomic mass is 79.9.